The normalized spacial score (nSPS) is 18.4. The highest BCUT2D eigenvalue weighted by molar-refractivity contribution is 5.95. The molecule has 0 saturated carbocycles. The second-order valence-corrected chi connectivity index (χ2v) is 7.21. The van der Waals surface area contributed by atoms with Gasteiger partial charge in [0, 0.05) is 49.9 Å². The molecular weight excluding hydrogens is 392 g/mol. The summed E-state index contributed by atoms with van der Waals surface area (Å²) in [7, 11) is 1.89. The van der Waals surface area contributed by atoms with Crippen molar-refractivity contribution in [2.75, 3.05) is 18.4 Å². The summed E-state index contributed by atoms with van der Waals surface area (Å²) in [6.45, 7) is 5.36. The summed E-state index contributed by atoms with van der Waals surface area (Å²) in [5.41, 5.74) is 3.62. The van der Waals surface area contributed by atoms with Crippen LogP contribution in [-0.2, 0) is 18.3 Å². The number of amides is 1. The first-order valence-electron chi connectivity index (χ1n) is 9.49. The highest BCUT2D eigenvalue weighted by Crippen LogP contribution is 2.30. The fourth-order valence-electron chi connectivity index (χ4n) is 3.57. The van der Waals surface area contributed by atoms with Crippen molar-refractivity contribution in [3.05, 3.63) is 47.5 Å². The predicted octanol–water partition coefficient (Wildman–Crippen LogP) is 2.70. The first-order valence-corrected chi connectivity index (χ1v) is 9.49. The van der Waals surface area contributed by atoms with Gasteiger partial charge in [0.1, 0.15) is 0 Å². The summed E-state index contributed by atoms with van der Waals surface area (Å²) in [4.78, 5) is 17.4. The molecule has 9 heteroatoms. The van der Waals surface area contributed by atoms with Crippen LogP contribution in [0.5, 0.6) is 0 Å². The Morgan fingerprint density at radius 1 is 1.38 bits per heavy atom. The monoisotopic (exact) mass is 416 g/mol. The fourth-order valence-corrected chi connectivity index (χ4v) is 3.57. The average molecular weight is 417 g/mol. The molecular formula is C20H25ClN6O2. The molecule has 1 aliphatic heterocycles. The van der Waals surface area contributed by atoms with Crippen LogP contribution in [0.1, 0.15) is 29.8 Å². The fraction of sp³-hybridized carbons (Fsp3) is 0.400. The van der Waals surface area contributed by atoms with Crippen molar-refractivity contribution in [1.29, 1.82) is 0 Å². The number of aryl methyl sites for hydroxylation is 3. The molecule has 1 aliphatic rings. The highest BCUT2D eigenvalue weighted by atomic mass is 35.5. The van der Waals surface area contributed by atoms with Crippen LogP contribution in [0.3, 0.4) is 0 Å². The lowest BCUT2D eigenvalue weighted by molar-refractivity contribution is -0.119. The number of anilines is 1. The Morgan fingerprint density at radius 2 is 2.21 bits per heavy atom. The Bertz CT molecular complexity index is 999. The van der Waals surface area contributed by atoms with E-state index in [2.05, 4.69) is 25.9 Å². The van der Waals surface area contributed by atoms with Gasteiger partial charge < -0.3 is 15.2 Å². The van der Waals surface area contributed by atoms with E-state index in [9.17, 15) is 4.79 Å². The molecule has 29 heavy (non-hydrogen) atoms. The van der Waals surface area contributed by atoms with Crippen molar-refractivity contribution in [1.82, 2.24) is 25.2 Å². The highest BCUT2D eigenvalue weighted by Gasteiger charge is 2.34. The standard InChI is InChI=1S/C20H24N6O2.ClH/c1-4-18-24-20(28-25-18)13-6-5-12(2)17(7-13)23-19(27)16-10-21-9-15(16)14-8-22-26(3)11-14;/h5-8,11,15-16,21H,4,9-10H2,1-3H3,(H,23,27);1H/t15-,16+;/m1./s1. The molecule has 0 radical (unpaired) electrons. The zero-order valence-electron chi connectivity index (χ0n) is 16.7. The molecule has 3 aromatic rings. The summed E-state index contributed by atoms with van der Waals surface area (Å²) in [6.07, 6.45) is 4.53. The van der Waals surface area contributed by atoms with Gasteiger partial charge in [-0.1, -0.05) is 18.1 Å². The van der Waals surface area contributed by atoms with Crippen molar-refractivity contribution >= 4 is 24.0 Å². The topological polar surface area (TPSA) is 97.9 Å². The number of nitrogens with one attached hydrogen (secondary N) is 2. The number of benzene rings is 1. The second kappa shape index (κ2) is 8.75. The van der Waals surface area contributed by atoms with Crippen molar-refractivity contribution in [2.24, 2.45) is 13.0 Å². The van der Waals surface area contributed by atoms with Crippen molar-refractivity contribution in [3.8, 4) is 11.5 Å². The zero-order valence-corrected chi connectivity index (χ0v) is 17.5. The molecule has 2 aromatic heterocycles. The minimum absolute atomic E-state index is 0. The van der Waals surface area contributed by atoms with Crippen LogP contribution in [-0.4, -0.2) is 38.9 Å². The number of nitrogens with zero attached hydrogens (tertiary/aromatic N) is 4. The van der Waals surface area contributed by atoms with E-state index >= 15 is 0 Å². The third-order valence-electron chi connectivity index (χ3n) is 5.23. The molecule has 0 spiro atoms. The molecule has 2 N–H and O–H groups in total. The van der Waals surface area contributed by atoms with E-state index in [-0.39, 0.29) is 30.2 Å². The largest absolute Gasteiger partial charge is 0.334 e. The van der Waals surface area contributed by atoms with Crippen molar-refractivity contribution in [3.63, 3.8) is 0 Å². The van der Waals surface area contributed by atoms with Gasteiger partial charge in [0.2, 0.25) is 5.91 Å². The number of hydrogen-bond acceptors (Lipinski definition) is 6. The van der Waals surface area contributed by atoms with Gasteiger partial charge in [0.05, 0.1) is 12.1 Å². The lowest BCUT2D eigenvalue weighted by Crippen LogP contribution is -2.28. The molecule has 3 heterocycles. The van der Waals surface area contributed by atoms with Gasteiger partial charge in [-0.3, -0.25) is 9.48 Å². The molecule has 0 aliphatic carbocycles. The van der Waals surface area contributed by atoms with Gasteiger partial charge in [0.15, 0.2) is 5.82 Å². The molecule has 1 aromatic carbocycles. The van der Waals surface area contributed by atoms with Gasteiger partial charge >= 0.3 is 0 Å². The van der Waals surface area contributed by atoms with Crippen LogP contribution in [0.4, 0.5) is 5.69 Å². The van der Waals surface area contributed by atoms with Crippen LogP contribution in [0.2, 0.25) is 0 Å². The molecule has 0 unspecified atom stereocenters. The maximum atomic E-state index is 13.0. The van der Waals surface area contributed by atoms with Gasteiger partial charge in [0.25, 0.3) is 5.89 Å². The van der Waals surface area contributed by atoms with E-state index in [4.69, 9.17) is 4.52 Å². The quantitative estimate of drug-likeness (QED) is 0.663. The van der Waals surface area contributed by atoms with Crippen LogP contribution in [0.15, 0.2) is 35.1 Å². The van der Waals surface area contributed by atoms with E-state index in [1.807, 2.05) is 51.5 Å². The van der Waals surface area contributed by atoms with Gasteiger partial charge in [-0.15, -0.1) is 12.4 Å². The smallest absolute Gasteiger partial charge is 0.257 e. The molecule has 1 fully saturated rings. The summed E-state index contributed by atoms with van der Waals surface area (Å²) < 4.78 is 7.09. The van der Waals surface area contributed by atoms with Gasteiger partial charge in [-0.05, 0) is 30.2 Å². The van der Waals surface area contributed by atoms with Gasteiger partial charge in [-0.2, -0.15) is 10.1 Å². The first kappa shape index (κ1) is 21.0. The first-order chi connectivity index (χ1) is 13.5. The van der Waals surface area contributed by atoms with Crippen molar-refractivity contribution in [2.45, 2.75) is 26.2 Å². The Morgan fingerprint density at radius 3 is 2.90 bits per heavy atom. The minimum Gasteiger partial charge on any atom is -0.334 e. The molecule has 4 rings (SSSR count). The zero-order chi connectivity index (χ0) is 19.7. The third kappa shape index (κ3) is 4.33. The maximum absolute atomic E-state index is 13.0. The van der Waals surface area contributed by atoms with E-state index in [1.54, 1.807) is 4.68 Å². The molecule has 1 saturated heterocycles. The molecule has 2 atom stereocenters. The van der Waals surface area contributed by atoms with Crippen LogP contribution in [0.25, 0.3) is 11.5 Å². The second-order valence-electron chi connectivity index (χ2n) is 7.21. The Balaban J connectivity index is 0.00000240. The number of rotatable bonds is 5. The summed E-state index contributed by atoms with van der Waals surface area (Å²) in [6, 6.07) is 5.77. The summed E-state index contributed by atoms with van der Waals surface area (Å²) in [5.74, 6) is 1.09. The summed E-state index contributed by atoms with van der Waals surface area (Å²) >= 11 is 0. The van der Waals surface area contributed by atoms with Crippen molar-refractivity contribution < 1.29 is 9.32 Å². The summed E-state index contributed by atoms with van der Waals surface area (Å²) in [5, 5.41) is 14.6. The maximum Gasteiger partial charge on any atom is 0.257 e. The third-order valence-corrected chi connectivity index (χ3v) is 5.23. The Labute approximate surface area is 175 Å². The average Bonchev–Trinajstić information content (AvgIpc) is 3.43. The number of carbonyl (C=O) groups is 1. The van der Waals surface area contributed by atoms with E-state index < -0.39 is 0 Å². The van der Waals surface area contributed by atoms with E-state index in [0.29, 0.717) is 24.7 Å². The van der Waals surface area contributed by atoms with Crippen LogP contribution >= 0.6 is 12.4 Å². The lowest BCUT2D eigenvalue weighted by atomic mass is 9.90. The van der Waals surface area contributed by atoms with Gasteiger partial charge in [-0.25, -0.2) is 0 Å². The Kier molecular flexibility index (Phi) is 6.34. The molecule has 0 bridgehead atoms. The molecule has 8 nitrogen and oxygen atoms in total. The number of aromatic nitrogens is 4. The number of carbonyl (C=O) groups excluding carboxylic acids is 1. The predicted molar refractivity (Wildman–Crippen MR) is 112 cm³/mol. The van der Waals surface area contributed by atoms with E-state index in [1.165, 1.54) is 0 Å². The molecule has 1 amide bonds. The minimum atomic E-state index is -0.151. The van der Waals surface area contributed by atoms with Crippen LogP contribution < -0.4 is 10.6 Å². The van der Waals surface area contributed by atoms with E-state index in [0.717, 1.165) is 28.9 Å². The SMILES string of the molecule is CCc1noc(-c2ccc(C)c(NC(=O)[C@H]3CNC[C@@H]3c3cnn(C)c3)c2)n1.Cl. The number of halogens is 1. The number of hydrogen-bond donors (Lipinski definition) is 2. The Hall–Kier alpha value is -2.71. The van der Waals surface area contributed by atoms with Crippen LogP contribution in [0, 0.1) is 12.8 Å². The lowest BCUT2D eigenvalue weighted by Gasteiger charge is -2.18. The molecule has 154 valence electrons.